The fourth-order valence-electron chi connectivity index (χ4n) is 4.41. The van der Waals surface area contributed by atoms with E-state index in [1.165, 1.54) is 24.2 Å². The van der Waals surface area contributed by atoms with E-state index in [-0.39, 0.29) is 23.5 Å². The van der Waals surface area contributed by atoms with Crippen LogP contribution in [0.1, 0.15) is 70.9 Å². The van der Waals surface area contributed by atoms with Crippen molar-refractivity contribution in [1.82, 2.24) is 0 Å². The van der Waals surface area contributed by atoms with Crippen molar-refractivity contribution in [2.75, 3.05) is 18.4 Å². The SMILES string of the molecule is C[C@@H](C(=O)Nc1ccc2c(c1)C(=O)c1ccccc1C2=O)[NH+]1CCCCCCC1. The average Bonchev–Trinajstić information content (AvgIpc) is 2.71. The Hall–Kier alpha value is -2.79. The molecule has 0 saturated carbocycles. The van der Waals surface area contributed by atoms with Crippen molar-refractivity contribution in [2.24, 2.45) is 0 Å². The van der Waals surface area contributed by atoms with Crippen LogP contribution < -0.4 is 10.2 Å². The van der Waals surface area contributed by atoms with Crippen molar-refractivity contribution in [3.05, 3.63) is 64.7 Å². The lowest BCUT2D eigenvalue weighted by Crippen LogP contribution is -3.16. The molecule has 1 amide bonds. The van der Waals surface area contributed by atoms with Gasteiger partial charge in [0.05, 0.1) is 13.1 Å². The first-order valence-electron chi connectivity index (χ1n) is 10.5. The maximum absolute atomic E-state index is 12.9. The zero-order valence-corrected chi connectivity index (χ0v) is 16.8. The van der Waals surface area contributed by atoms with E-state index < -0.39 is 0 Å². The quantitative estimate of drug-likeness (QED) is 0.721. The molecule has 2 aliphatic rings. The van der Waals surface area contributed by atoms with Crippen LogP contribution in [-0.4, -0.2) is 36.6 Å². The molecule has 0 aromatic heterocycles. The van der Waals surface area contributed by atoms with Crippen LogP contribution in [0.2, 0.25) is 0 Å². The van der Waals surface area contributed by atoms with E-state index in [4.69, 9.17) is 0 Å². The molecule has 1 aliphatic heterocycles. The number of hydrogen-bond donors (Lipinski definition) is 2. The molecule has 29 heavy (non-hydrogen) atoms. The lowest BCUT2D eigenvalue weighted by atomic mass is 9.84. The fraction of sp³-hybridized carbons (Fsp3) is 0.375. The summed E-state index contributed by atoms with van der Waals surface area (Å²) in [5, 5.41) is 2.96. The van der Waals surface area contributed by atoms with Gasteiger partial charge in [-0.3, -0.25) is 14.4 Å². The molecular weight excluding hydrogens is 364 g/mol. The Morgan fingerprint density at radius 1 is 0.828 bits per heavy atom. The van der Waals surface area contributed by atoms with Gasteiger partial charge in [0.25, 0.3) is 5.91 Å². The molecule has 0 radical (unpaired) electrons. The Morgan fingerprint density at radius 3 is 2.03 bits per heavy atom. The standard InChI is InChI=1S/C24H26N2O3/c1-16(26-13-7-3-2-4-8-14-26)24(29)25-17-11-12-20-21(15-17)23(28)19-10-6-5-9-18(19)22(20)27/h5-6,9-12,15-16H,2-4,7-8,13-14H2,1H3,(H,25,29)/p+1/t16-/m0/s1. The van der Waals surface area contributed by atoms with Gasteiger partial charge in [0.2, 0.25) is 0 Å². The zero-order chi connectivity index (χ0) is 20.4. The highest BCUT2D eigenvalue weighted by Gasteiger charge is 2.30. The monoisotopic (exact) mass is 391 g/mol. The summed E-state index contributed by atoms with van der Waals surface area (Å²) in [6, 6.07) is 11.7. The number of ketones is 2. The molecule has 2 aromatic carbocycles. The minimum atomic E-state index is -0.172. The van der Waals surface area contributed by atoms with Gasteiger partial charge in [-0.1, -0.05) is 30.7 Å². The van der Waals surface area contributed by atoms with Crippen molar-refractivity contribution < 1.29 is 19.3 Å². The van der Waals surface area contributed by atoms with Crippen molar-refractivity contribution in [3.8, 4) is 0 Å². The van der Waals surface area contributed by atoms with Crippen molar-refractivity contribution >= 4 is 23.2 Å². The van der Waals surface area contributed by atoms with Crippen LogP contribution in [0.25, 0.3) is 0 Å². The van der Waals surface area contributed by atoms with E-state index >= 15 is 0 Å². The highest BCUT2D eigenvalue weighted by Crippen LogP contribution is 2.29. The van der Waals surface area contributed by atoms with Crippen LogP contribution >= 0.6 is 0 Å². The molecule has 0 spiro atoms. The third kappa shape index (κ3) is 3.87. The summed E-state index contributed by atoms with van der Waals surface area (Å²) in [5.41, 5.74) is 2.18. The number of rotatable bonds is 3. The number of carbonyl (C=O) groups is 3. The third-order valence-electron chi connectivity index (χ3n) is 6.19. The van der Waals surface area contributed by atoms with Crippen LogP contribution in [0.3, 0.4) is 0 Å². The minimum absolute atomic E-state index is 0.0458. The van der Waals surface area contributed by atoms with Gasteiger partial charge in [-0.2, -0.15) is 0 Å². The number of nitrogens with one attached hydrogen (secondary N) is 2. The summed E-state index contributed by atoms with van der Waals surface area (Å²) in [6.45, 7) is 4.00. The first kappa shape index (κ1) is 19.5. The van der Waals surface area contributed by atoms with Gasteiger partial charge in [0, 0.05) is 27.9 Å². The first-order valence-corrected chi connectivity index (χ1v) is 10.5. The molecule has 2 N–H and O–H groups in total. The van der Waals surface area contributed by atoms with E-state index in [9.17, 15) is 14.4 Å². The number of likely N-dealkylation sites (tertiary alicyclic amines) is 1. The second-order valence-corrected chi connectivity index (χ2v) is 8.10. The largest absolute Gasteiger partial charge is 0.325 e. The van der Waals surface area contributed by atoms with Crippen molar-refractivity contribution in [3.63, 3.8) is 0 Å². The molecule has 1 atom stereocenters. The molecule has 5 nitrogen and oxygen atoms in total. The van der Waals surface area contributed by atoms with Crippen LogP contribution in [0.4, 0.5) is 5.69 Å². The number of anilines is 1. The topological polar surface area (TPSA) is 67.7 Å². The zero-order valence-electron chi connectivity index (χ0n) is 16.8. The predicted molar refractivity (Wildman–Crippen MR) is 112 cm³/mol. The maximum Gasteiger partial charge on any atom is 0.282 e. The highest BCUT2D eigenvalue weighted by atomic mass is 16.2. The third-order valence-corrected chi connectivity index (χ3v) is 6.19. The van der Waals surface area contributed by atoms with Crippen LogP contribution in [0.5, 0.6) is 0 Å². The molecule has 1 aliphatic carbocycles. The smallest absolute Gasteiger partial charge is 0.282 e. The second-order valence-electron chi connectivity index (χ2n) is 8.10. The second kappa shape index (κ2) is 8.29. The van der Waals surface area contributed by atoms with E-state index in [1.807, 2.05) is 6.92 Å². The minimum Gasteiger partial charge on any atom is -0.325 e. The lowest BCUT2D eigenvalue weighted by Gasteiger charge is -2.27. The van der Waals surface area contributed by atoms with E-state index in [1.54, 1.807) is 42.5 Å². The normalized spacial score (nSPS) is 18.2. The number of amides is 1. The van der Waals surface area contributed by atoms with E-state index in [2.05, 4.69) is 5.32 Å². The molecule has 4 rings (SSSR count). The molecular formula is C24H27N2O3+. The molecule has 1 heterocycles. The van der Waals surface area contributed by atoms with Crippen LogP contribution in [0, 0.1) is 0 Å². The van der Waals surface area contributed by atoms with Gasteiger partial charge in [-0.25, -0.2) is 0 Å². The van der Waals surface area contributed by atoms with Gasteiger partial charge >= 0.3 is 0 Å². The molecule has 150 valence electrons. The Labute approximate surface area is 171 Å². The number of hydrogen-bond acceptors (Lipinski definition) is 3. The lowest BCUT2D eigenvalue weighted by molar-refractivity contribution is -0.914. The Bertz CT molecular complexity index is 958. The average molecular weight is 391 g/mol. The molecule has 2 aromatic rings. The number of carbonyl (C=O) groups excluding carboxylic acids is 3. The summed E-state index contributed by atoms with van der Waals surface area (Å²) in [4.78, 5) is 39.8. The summed E-state index contributed by atoms with van der Waals surface area (Å²) in [7, 11) is 0. The Kier molecular flexibility index (Phi) is 5.58. The highest BCUT2D eigenvalue weighted by molar-refractivity contribution is 6.28. The van der Waals surface area contributed by atoms with E-state index in [0.29, 0.717) is 27.9 Å². The molecule has 0 bridgehead atoms. The molecule has 1 fully saturated rings. The number of benzene rings is 2. The molecule has 5 heteroatoms. The van der Waals surface area contributed by atoms with Crippen molar-refractivity contribution in [1.29, 1.82) is 0 Å². The number of quaternary nitrogens is 1. The van der Waals surface area contributed by atoms with Gasteiger partial charge in [-0.05, 0) is 50.8 Å². The first-order chi connectivity index (χ1) is 14.1. The van der Waals surface area contributed by atoms with Gasteiger partial charge in [0.15, 0.2) is 17.6 Å². The van der Waals surface area contributed by atoms with Crippen LogP contribution in [-0.2, 0) is 4.79 Å². The van der Waals surface area contributed by atoms with Gasteiger partial charge < -0.3 is 10.2 Å². The Balaban J connectivity index is 1.52. The van der Waals surface area contributed by atoms with Gasteiger partial charge in [0.1, 0.15) is 0 Å². The Morgan fingerprint density at radius 2 is 1.38 bits per heavy atom. The number of fused-ring (bicyclic) bond motifs is 2. The maximum atomic E-state index is 12.9. The molecule has 0 unspecified atom stereocenters. The van der Waals surface area contributed by atoms with E-state index in [0.717, 1.165) is 25.9 Å². The summed E-state index contributed by atoms with van der Waals surface area (Å²) >= 11 is 0. The summed E-state index contributed by atoms with van der Waals surface area (Å²) in [6.07, 6.45) is 6.07. The van der Waals surface area contributed by atoms with Gasteiger partial charge in [-0.15, -0.1) is 0 Å². The molecule has 1 saturated heterocycles. The van der Waals surface area contributed by atoms with Crippen molar-refractivity contribution in [2.45, 2.75) is 45.1 Å². The summed E-state index contributed by atoms with van der Waals surface area (Å²) < 4.78 is 0. The fourth-order valence-corrected chi connectivity index (χ4v) is 4.41. The summed E-state index contributed by atoms with van der Waals surface area (Å²) in [5.74, 6) is -0.365. The predicted octanol–water partition coefficient (Wildman–Crippen LogP) is 2.64. The van der Waals surface area contributed by atoms with Crippen LogP contribution in [0.15, 0.2) is 42.5 Å².